The van der Waals surface area contributed by atoms with Gasteiger partial charge >= 0.3 is 6.18 Å². The lowest BCUT2D eigenvalue weighted by atomic mass is 10.2. The SMILES string of the molecule is COc1ccc(-n2ncc(C(=O)Nc3nc(-c4c[nH]c(C(N)=O)c4)cs3)c2C(F)(F)F)nn1. The number of hydrogen-bond acceptors (Lipinski definition) is 8. The summed E-state index contributed by atoms with van der Waals surface area (Å²) in [5.74, 6) is -1.88. The summed E-state index contributed by atoms with van der Waals surface area (Å²) in [4.78, 5) is 30.7. The number of methoxy groups -OCH3 is 1. The molecule has 4 N–H and O–H groups in total. The number of rotatable bonds is 6. The van der Waals surface area contributed by atoms with Crippen LogP contribution in [0.5, 0.6) is 5.88 Å². The van der Waals surface area contributed by atoms with Crippen LogP contribution in [0, 0.1) is 0 Å². The summed E-state index contributed by atoms with van der Waals surface area (Å²) in [6, 6.07) is 4.00. The molecule has 0 aliphatic carbocycles. The summed E-state index contributed by atoms with van der Waals surface area (Å²) in [6.45, 7) is 0. The zero-order chi connectivity index (χ0) is 23.8. The van der Waals surface area contributed by atoms with Gasteiger partial charge in [0.2, 0.25) is 5.88 Å². The van der Waals surface area contributed by atoms with Gasteiger partial charge in [-0.25, -0.2) is 9.67 Å². The first-order valence-corrected chi connectivity index (χ1v) is 9.84. The standard InChI is InChI=1S/C18H13F3N8O3S/c1-32-13-3-2-12(27-28-13)29-14(18(19,20)21)9(6-24-29)16(31)26-17-25-11(7-33-17)8-4-10(15(22)30)23-5-8/h2-7,23H,1H3,(H2,22,30)(H,25,26,31). The largest absolute Gasteiger partial charge is 0.480 e. The summed E-state index contributed by atoms with van der Waals surface area (Å²) < 4.78 is 46.7. The highest BCUT2D eigenvalue weighted by Crippen LogP contribution is 2.34. The molecular formula is C18H13F3N8O3S. The Morgan fingerprint density at radius 1 is 1.27 bits per heavy atom. The number of primary amides is 1. The van der Waals surface area contributed by atoms with Gasteiger partial charge in [-0.3, -0.25) is 14.9 Å². The third kappa shape index (κ3) is 4.38. The van der Waals surface area contributed by atoms with Gasteiger partial charge in [0.1, 0.15) is 5.69 Å². The maximum absolute atomic E-state index is 13.8. The highest BCUT2D eigenvalue weighted by atomic mass is 32.1. The van der Waals surface area contributed by atoms with Crippen LogP contribution in [0.2, 0.25) is 0 Å². The van der Waals surface area contributed by atoms with Crippen molar-refractivity contribution in [3.8, 4) is 23.0 Å². The van der Waals surface area contributed by atoms with Crippen LogP contribution >= 0.6 is 11.3 Å². The van der Waals surface area contributed by atoms with Gasteiger partial charge in [-0.2, -0.15) is 18.3 Å². The fourth-order valence-corrected chi connectivity index (χ4v) is 3.52. The molecule has 11 nitrogen and oxygen atoms in total. The molecule has 0 fully saturated rings. The quantitative estimate of drug-likeness (QED) is 0.385. The number of nitrogens with zero attached hydrogens (tertiary/aromatic N) is 5. The highest BCUT2D eigenvalue weighted by Gasteiger charge is 2.41. The second kappa shape index (κ2) is 8.34. The molecule has 15 heteroatoms. The molecule has 4 rings (SSSR count). The number of alkyl halides is 3. The van der Waals surface area contributed by atoms with Crippen LogP contribution in [0.25, 0.3) is 17.1 Å². The highest BCUT2D eigenvalue weighted by molar-refractivity contribution is 7.14. The summed E-state index contributed by atoms with van der Waals surface area (Å²) >= 11 is 0.988. The molecule has 4 aromatic rings. The van der Waals surface area contributed by atoms with Crippen LogP contribution in [-0.4, -0.2) is 48.9 Å². The second-order valence-electron chi connectivity index (χ2n) is 6.41. The van der Waals surface area contributed by atoms with E-state index in [1.807, 2.05) is 0 Å². The molecule has 4 heterocycles. The van der Waals surface area contributed by atoms with Crippen molar-refractivity contribution in [2.75, 3.05) is 12.4 Å². The lowest BCUT2D eigenvalue weighted by Gasteiger charge is -2.11. The van der Waals surface area contributed by atoms with Crippen molar-refractivity contribution in [3.63, 3.8) is 0 Å². The average molecular weight is 478 g/mol. The molecule has 0 radical (unpaired) electrons. The van der Waals surface area contributed by atoms with Crippen LogP contribution in [0.15, 0.2) is 36.0 Å². The number of carbonyl (C=O) groups is 2. The van der Waals surface area contributed by atoms with E-state index in [1.54, 1.807) is 5.38 Å². The number of halogens is 3. The van der Waals surface area contributed by atoms with Gasteiger partial charge in [-0.15, -0.1) is 21.5 Å². The van der Waals surface area contributed by atoms with Crippen molar-refractivity contribution in [3.05, 3.63) is 52.9 Å². The van der Waals surface area contributed by atoms with Crippen molar-refractivity contribution in [1.82, 2.24) is 29.9 Å². The minimum Gasteiger partial charge on any atom is -0.480 e. The molecule has 0 bridgehead atoms. The van der Waals surface area contributed by atoms with E-state index in [-0.39, 0.29) is 22.5 Å². The fraction of sp³-hybridized carbons (Fsp3) is 0.111. The Balaban J connectivity index is 1.61. The van der Waals surface area contributed by atoms with E-state index >= 15 is 0 Å². The van der Waals surface area contributed by atoms with Crippen molar-refractivity contribution in [1.29, 1.82) is 0 Å². The normalized spacial score (nSPS) is 11.4. The van der Waals surface area contributed by atoms with Crippen LogP contribution in [0.1, 0.15) is 26.5 Å². The summed E-state index contributed by atoms with van der Waals surface area (Å²) in [5, 5.41) is 14.9. The molecule has 0 aliphatic rings. The zero-order valence-corrected chi connectivity index (χ0v) is 17.4. The minimum atomic E-state index is -4.92. The Kier molecular flexibility index (Phi) is 5.55. The second-order valence-corrected chi connectivity index (χ2v) is 7.27. The van der Waals surface area contributed by atoms with Gasteiger partial charge < -0.3 is 15.5 Å². The number of nitrogens with one attached hydrogen (secondary N) is 2. The molecule has 0 saturated carbocycles. The van der Waals surface area contributed by atoms with Crippen molar-refractivity contribution >= 4 is 28.3 Å². The average Bonchev–Trinajstić information content (AvgIpc) is 3.51. The molecular weight excluding hydrogens is 465 g/mol. The number of carbonyl (C=O) groups excluding carboxylic acids is 2. The first kappa shape index (κ1) is 21.9. The predicted molar refractivity (Wildman–Crippen MR) is 109 cm³/mol. The number of aromatic amines is 1. The van der Waals surface area contributed by atoms with Gasteiger partial charge in [-0.05, 0) is 12.1 Å². The Bertz CT molecular complexity index is 1330. The Hall–Kier alpha value is -4.27. The van der Waals surface area contributed by atoms with Gasteiger partial charge in [0.15, 0.2) is 16.6 Å². The number of ether oxygens (including phenoxy) is 1. The monoisotopic (exact) mass is 478 g/mol. The van der Waals surface area contributed by atoms with Gasteiger partial charge in [0, 0.05) is 23.2 Å². The van der Waals surface area contributed by atoms with Crippen molar-refractivity contribution in [2.45, 2.75) is 6.18 Å². The molecule has 0 saturated heterocycles. The smallest absolute Gasteiger partial charge is 0.434 e. The molecule has 0 spiro atoms. The van der Waals surface area contributed by atoms with E-state index < -0.39 is 29.2 Å². The summed E-state index contributed by atoms with van der Waals surface area (Å²) in [7, 11) is 1.33. The van der Waals surface area contributed by atoms with E-state index in [2.05, 4.69) is 30.6 Å². The predicted octanol–water partition coefficient (Wildman–Crippen LogP) is 2.49. The molecule has 0 atom stereocenters. The minimum absolute atomic E-state index is 0.0435. The number of hydrogen-bond donors (Lipinski definition) is 3. The van der Waals surface area contributed by atoms with Crippen LogP contribution < -0.4 is 15.8 Å². The van der Waals surface area contributed by atoms with Gasteiger partial charge in [0.05, 0.1) is 24.6 Å². The number of anilines is 1. The van der Waals surface area contributed by atoms with Gasteiger partial charge in [-0.1, -0.05) is 0 Å². The van der Waals surface area contributed by atoms with E-state index in [0.29, 0.717) is 15.9 Å². The fourth-order valence-electron chi connectivity index (χ4n) is 2.81. The van der Waals surface area contributed by atoms with Crippen molar-refractivity contribution in [2.24, 2.45) is 5.73 Å². The number of thiazole rings is 1. The first-order valence-electron chi connectivity index (χ1n) is 8.96. The number of H-pyrrole nitrogens is 1. The van der Waals surface area contributed by atoms with Crippen LogP contribution in [0.3, 0.4) is 0 Å². The molecule has 170 valence electrons. The van der Waals surface area contributed by atoms with Crippen molar-refractivity contribution < 1.29 is 27.5 Å². The number of aromatic nitrogens is 6. The molecule has 0 unspecified atom stereocenters. The third-order valence-corrected chi connectivity index (χ3v) is 5.06. The number of amides is 2. The summed E-state index contributed by atoms with van der Waals surface area (Å²) in [6.07, 6.45) is -2.65. The molecule has 0 aliphatic heterocycles. The maximum Gasteiger partial charge on any atom is 0.434 e. The van der Waals surface area contributed by atoms with E-state index in [9.17, 15) is 22.8 Å². The third-order valence-electron chi connectivity index (χ3n) is 4.30. The first-order chi connectivity index (χ1) is 15.7. The Morgan fingerprint density at radius 2 is 2.06 bits per heavy atom. The molecule has 4 aromatic heterocycles. The van der Waals surface area contributed by atoms with E-state index in [0.717, 1.165) is 17.5 Å². The molecule has 2 amide bonds. The van der Waals surface area contributed by atoms with E-state index in [4.69, 9.17) is 10.5 Å². The lowest BCUT2D eigenvalue weighted by molar-refractivity contribution is -0.143. The lowest BCUT2D eigenvalue weighted by Crippen LogP contribution is -2.21. The number of nitrogens with two attached hydrogens (primary N) is 1. The molecule has 0 aromatic carbocycles. The van der Waals surface area contributed by atoms with Crippen LogP contribution in [0.4, 0.5) is 18.3 Å². The zero-order valence-electron chi connectivity index (χ0n) is 16.5. The topological polar surface area (TPSA) is 154 Å². The van der Waals surface area contributed by atoms with E-state index in [1.165, 1.54) is 31.5 Å². The summed E-state index contributed by atoms with van der Waals surface area (Å²) in [5.41, 5.74) is 4.20. The maximum atomic E-state index is 13.8. The molecule has 33 heavy (non-hydrogen) atoms. The van der Waals surface area contributed by atoms with Crippen LogP contribution in [-0.2, 0) is 6.18 Å². The Morgan fingerprint density at radius 3 is 2.67 bits per heavy atom. The Labute approximate surface area is 186 Å². The van der Waals surface area contributed by atoms with Gasteiger partial charge in [0.25, 0.3) is 11.8 Å².